The summed E-state index contributed by atoms with van der Waals surface area (Å²) in [5.41, 5.74) is -0.0712. The number of aryl methyl sites for hydroxylation is 1. The number of nitrogens with zero attached hydrogens (tertiary/aromatic N) is 2. The van der Waals surface area contributed by atoms with Crippen molar-refractivity contribution in [3.05, 3.63) is 40.4 Å². The van der Waals surface area contributed by atoms with E-state index in [2.05, 4.69) is 15.3 Å². The van der Waals surface area contributed by atoms with E-state index in [-0.39, 0.29) is 59.0 Å². The molecule has 2 saturated carbocycles. The van der Waals surface area contributed by atoms with Gasteiger partial charge in [0.25, 0.3) is 5.91 Å². The van der Waals surface area contributed by atoms with Gasteiger partial charge in [-0.05, 0) is 44.2 Å². The minimum atomic E-state index is -1.13. The molecular weight excluding hydrogens is 470 g/mol. The second-order valence-corrected chi connectivity index (χ2v) is 9.76. The van der Waals surface area contributed by atoms with E-state index in [1.165, 1.54) is 6.07 Å². The van der Waals surface area contributed by atoms with Gasteiger partial charge >= 0.3 is 11.9 Å². The van der Waals surface area contributed by atoms with E-state index >= 15 is 0 Å². The molecule has 0 saturated heterocycles. The lowest BCUT2D eigenvalue weighted by Gasteiger charge is -2.21. The maximum atomic E-state index is 12.1. The highest BCUT2D eigenvalue weighted by atomic mass is 16.4. The Labute approximate surface area is 207 Å². The number of aliphatic imine (C=N–C) groups is 1. The second kappa shape index (κ2) is 10.00. The quantitative estimate of drug-likeness (QED) is 0.268. The first-order valence-electron chi connectivity index (χ1n) is 11.6. The highest BCUT2D eigenvalue weighted by Crippen LogP contribution is 2.38. The molecule has 0 aromatic carbocycles. The van der Waals surface area contributed by atoms with Crippen LogP contribution in [0.5, 0.6) is 0 Å². The van der Waals surface area contributed by atoms with Crippen molar-refractivity contribution < 1.29 is 39.3 Å². The number of carboxylic acids is 2. The number of amides is 1. The van der Waals surface area contributed by atoms with Crippen LogP contribution in [0.15, 0.2) is 28.6 Å². The van der Waals surface area contributed by atoms with E-state index in [0.29, 0.717) is 0 Å². The van der Waals surface area contributed by atoms with Crippen LogP contribution in [0.3, 0.4) is 0 Å². The molecule has 1 aromatic rings. The fourth-order valence-corrected chi connectivity index (χ4v) is 3.87. The van der Waals surface area contributed by atoms with Crippen LogP contribution in [0.2, 0.25) is 0 Å². The number of pyridine rings is 1. The summed E-state index contributed by atoms with van der Waals surface area (Å²) >= 11 is 0. The van der Waals surface area contributed by atoms with E-state index < -0.39 is 35.0 Å². The Morgan fingerprint density at radius 3 is 2.08 bits per heavy atom. The summed E-state index contributed by atoms with van der Waals surface area (Å²) in [7, 11) is 0. The lowest BCUT2D eigenvalue weighted by atomic mass is 9.83. The van der Waals surface area contributed by atoms with Crippen LogP contribution >= 0.6 is 0 Å². The molecule has 192 valence electrons. The largest absolute Gasteiger partial charge is 0.511 e. The number of amidine groups is 1. The van der Waals surface area contributed by atoms with Crippen LogP contribution in [0.4, 0.5) is 0 Å². The van der Waals surface area contributed by atoms with Crippen LogP contribution in [0.25, 0.3) is 0 Å². The molecule has 4 N–H and O–H groups in total. The van der Waals surface area contributed by atoms with Gasteiger partial charge in [0.15, 0.2) is 17.4 Å². The van der Waals surface area contributed by atoms with Crippen molar-refractivity contribution in [2.75, 3.05) is 0 Å². The number of aromatic carboxylic acids is 1. The number of carbonyl (C=O) groups is 5. The summed E-state index contributed by atoms with van der Waals surface area (Å²) in [6.07, 6.45) is 2.76. The number of allylic oxidation sites excluding steroid dienone is 2. The zero-order valence-corrected chi connectivity index (χ0v) is 20.5. The number of aliphatic hydroxyl groups is 1. The molecule has 0 spiro atoms. The van der Waals surface area contributed by atoms with Crippen LogP contribution in [0.1, 0.15) is 68.1 Å². The number of hydrogen-bond donors (Lipinski definition) is 4. The highest BCUT2D eigenvalue weighted by Gasteiger charge is 2.43. The number of aliphatic hydroxyl groups excluding tert-OH is 1. The van der Waals surface area contributed by atoms with Gasteiger partial charge in [-0.25, -0.2) is 9.79 Å². The van der Waals surface area contributed by atoms with Crippen molar-refractivity contribution in [3.63, 3.8) is 0 Å². The average molecular weight is 500 g/mol. The number of hydrogen-bond acceptors (Lipinski definition) is 8. The number of ketones is 2. The molecular formula is C25H29N3O8. The number of rotatable bonds is 5. The molecule has 2 fully saturated rings. The SMILES string of the molecule is Cc1cnc(C2=NC(C)(C(C)C)C(=O)N2)c(C(=O)O)c1.O=C1CC(C(=O)O)CC(=O)C1=C(O)C1CC1. The average Bonchev–Trinajstić information content (AvgIpc) is 3.59. The Morgan fingerprint density at radius 2 is 1.64 bits per heavy atom. The standard InChI is InChI=1S/C14H17N3O3.C11H12O5/c1-7(2)14(4)13(20)16-11(17-14)10-9(12(18)19)5-8(3)6-15-10;12-7-3-6(11(15)16)4-8(13)9(7)10(14)5-1-2-5/h5-7H,1-4H3,(H,18,19)(H,16,17,20);5-6,14H,1-4H2,(H,15,16). The first-order chi connectivity index (χ1) is 16.8. The summed E-state index contributed by atoms with van der Waals surface area (Å²) in [4.78, 5) is 65.7. The predicted molar refractivity (Wildman–Crippen MR) is 127 cm³/mol. The molecule has 36 heavy (non-hydrogen) atoms. The monoisotopic (exact) mass is 499 g/mol. The van der Waals surface area contributed by atoms with Crippen molar-refractivity contribution in [2.45, 2.75) is 58.9 Å². The number of aromatic nitrogens is 1. The second-order valence-electron chi connectivity index (χ2n) is 9.76. The Balaban J connectivity index is 0.000000205. The highest BCUT2D eigenvalue weighted by molar-refractivity contribution is 6.23. The van der Waals surface area contributed by atoms with Crippen LogP contribution in [-0.4, -0.2) is 61.1 Å². The van der Waals surface area contributed by atoms with Crippen LogP contribution in [0, 0.1) is 24.7 Å². The van der Waals surface area contributed by atoms with Gasteiger partial charge in [-0.3, -0.25) is 24.2 Å². The Morgan fingerprint density at radius 1 is 1.06 bits per heavy atom. The maximum absolute atomic E-state index is 12.1. The molecule has 11 nitrogen and oxygen atoms in total. The van der Waals surface area contributed by atoms with E-state index in [1.807, 2.05) is 13.8 Å². The fraction of sp³-hybridized carbons (Fsp3) is 0.480. The van der Waals surface area contributed by atoms with Gasteiger partial charge < -0.3 is 20.6 Å². The number of aliphatic carboxylic acids is 1. The third-order valence-corrected chi connectivity index (χ3v) is 6.63. The summed E-state index contributed by atoms with van der Waals surface area (Å²) in [6, 6.07) is 1.52. The third kappa shape index (κ3) is 5.34. The number of carboxylic acid groups (broad SMARTS) is 2. The molecule has 2 aliphatic carbocycles. The smallest absolute Gasteiger partial charge is 0.338 e. The molecule has 1 atom stereocenters. The van der Waals surface area contributed by atoms with Gasteiger partial charge in [0.2, 0.25) is 0 Å². The topological polar surface area (TPSA) is 183 Å². The first-order valence-corrected chi connectivity index (χ1v) is 11.6. The lowest BCUT2D eigenvalue weighted by Crippen LogP contribution is -2.41. The molecule has 2 heterocycles. The van der Waals surface area contributed by atoms with Gasteiger partial charge in [-0.15, -0.1) is 0 Å². The Bertz CT molecular complexity index is 1190. The number of Topliss-reactive ketones (excluding diaryl/α,β-unsaturated/α-hetero) is 2. The van der Waals surface area contributed by atoms with Gasteiger partial charge in [-0.1, -0.05) is 13.8 Å². The van der Waals surface area contributed by atoms with E-state index in [9.17, 15) is 34.2 Å². The Hall–Kier alpha value is -3.89. The molecule has 1 aromatic heterocycles. The zero-order valence-electron chi connectivity index (χ0n) is 20.5. The molecule has 4 rings (SSSR count). The molecule has 11 heteroatoms. The molecule has 1 aliphatic heterocycles. The molecule has 1 amide bonds. The first kappa shape index (κ1) is 26.7. The van der Waals surface area contributed by atoms with Crippen LogP contribution in [-0.2, 0) is 19.2 Å². The molecule has 0 bridgehead atoms. The summed E-state index contributed by atoms with van der Waals surface area (Å²) in [6.45, 7) is 7.28. The van der Waals surface area contributed by atoms with Gasteiger partial charge in [0.05, 0.1) is 17.1 Å². The molecule has 1 unspecified atom stereocenters. The number of carbonyl (C=O) groups excluding carboxylic acids is 3. The summed E-state index contributed by atoms with van der Waals surface area (Å²) in [5, 5.41) is 30.3. The normalized spacial score (nSPS) is 23.6. The van der Waals surface area contributed by atoms with E-state index in [4.69, 9.17) is 5.11 Å². The minimum absolute atomic E-state index is 0.00118. The predicted octanol–water partition coefficient (Wildman–Crippen LogP) is 2.22. The summed E-state index contributed by atoms with van der Waals surface area (Å²) < 4.78 is 0. The molecule has 0 radical (unpaired) electrons. The lowest BCUT2D eigenvalue weighted by molar-refractivity contribution is -0.146. The van der Waals surface area contributed by atoms with Gasteiger partial charge in [0, 0.05) is 25.0 Å². The fourth-order valence-electron chi connectivity index (χ4n) is 3.87. The van der Waals surface area contributed by atoms with Gasteiger partial charge in [0.1, 0.15) is 17.0 Å². The van der Waals surface area contributed by atoms with Crippen molar-refractivity contribution >= 4 is 35.2 Å². The maximum Gasteiger partial charge on any atom is 0.338 e. The number of nitrogens with one attached hydrogen (secondary N) is 1. The molecule has 3 aliphatic rings. The van der Waals surface area contributed by atoms with E-state index in [1.54, 1.807) is 20.0 Å². The van der Waals surface area contributed by atoms with E-state index in [0.717, 1.165) is 18.4 Å². The third-order valence-electron chi connectivity index (χ3n) is 6.63. The van der Waals surface area contributed by atoms with Crippen molar-refractivity contribution in [2.24, 2.45) is 22.7 Å². The van der Waals surface area contributed by atoms with Crippen molar-refractivity contribution in [1.29, 1.82) is 0 Å². The minimum Gasteiger partial charge on any atom is -0.511 e. The van der Waals surface area contributed by atoms with Gasteiger partial charge in [-0.2, -0.15) is 0 Å². The van der Waals surface area contributed by atoms with Crippen LogP contribution < -0.4 is 5.32 Å². The Kier molecular flexibility index (Phi) is 7.42. The zero-order chi connectivity index (χ0) is 26.9. The van der Waals surface area contributed by atoms with Crippen molar-refractivity contribution in [3.8, 4) is 0 Å². The van der Waals surface area contributed by atoms with Crippen molar-refractivity contribution in [1.82, 2.24) is 10.3 Å². The summed E-state index contributed by atoms with van der Waals surface area (Å²) in [5.74, 6) is -4.43.